The molecule has 5 nitrogen and oxygen atoms in total. The van der Waals surface area contributed by atoms with Crippen LogP contribution in [0.1, 0.15) is 13.8 Å². The number of aromatic nitrogens is 1. The van der Waals surface area contributed by atoms with Crippen LogP contribution in [-0.2, 0) is 9.59 Å². The average Bonchev–Trinajstić information content (AvgIpc) is 2.99. The highest BCUT2D eigenvalue weighted by Gasteiger charge is 2.28. The van der Waals surface area contributed by atoms with E-state index in [0.717, 1.165) is 10.2 Å². The van der Waals surface area contributed by atoms with Crippen molar-refractivity contribution in [1.82, 2.24) is 9.88 Å². The molecule has 6 heteroatoms. The van der Waals surface area contributed by atoms with E-state index in [1.54, 1.807) is 4.90 Å². The molecule has 0 N–H and O–H groups in total. The molecule has 116 valence electrons. The summed E-state index contributed by atoms with van der Waals surface area (Å²) >= 11 is 1.49. The number of benzene rings is 1. The summed E-state index contributed by atoms with van der Waals surface area (Å²) in [5.41, 5.74) is 0.893. The zero-order chi connectivity index (χ0) is 16.1. The molecular weight excluding hydrogens is 298 g/mol. The van der Waals surface area contributed by atoms with Crippen LogP contribution in [0, 0.1) is 0 Å². The highest BCUT2D eigenvalue weighted by molar-refractivity contribution is 7.22. The van der Waals surface area contributed by atoms with Gasteiger partial charge in [0.25, 0.3) is 0 Å². The third-order valence-electron chi connectivity index (χ3n) is 3.22. The smallest absolute Gasteiger partial charge is 0.248 e. The average molecular weight is 317 g/mol. The van der Waals surface area contributed by atoms with Gasteiger partial charge >= 0.3 is 0 Å². The first-order valence-electron chi connectivity index (χ1n) is 7.26. The summed E-state index contributed by atoms with van der Waals surface area (Å²) in [5, 5.41) is 0.696. The van der Waals surface area contributed by atoms with E-state index in [1.165, 1.54) is 22.3 Å². The Balaban J connectivity index is 0.000000847. The normalized spacial score (nSPS) is 14.5. The quantitative estimate of drug-likeness (QED) is 0.800. The van der Waals surface area contributed by atoms with E-state index < -0.39 is 0 Å². The summed E-state index contributed by atoms with van der Waals surface area (Å²) in [7, 11) is 0. The number of amides is 2. The van der Waals surface area contributed by atoms with E-state index in [-0.39, 0.29) is 18.4 Å². The Bertz CT molecular complexity index is 663. The predicted octanol–water partition coefficient (Wildman–Crippen LogP) is 2.68. The molecule has 1 aromatic heterocycles. The number of anilines is 1. The van der Waals surface area contributed by atoms with Gasteiger partial charge in [-0.25, -0.2) is 4.98 Å². The molecule has 1 saturated heterocycles. The second-order valence-corrected chi connectivity index (χ2v) is 5.48. The molecule has 3 rings (SSSR count). The van der Waals surface area contributed by atoms with Gasteiger partial charge in [-0.1, -0.05) is 43.9 Å². The van der Waals surface area contributed by atoms with Gasteiger partial charge in [0.2, 0.25) is 11.8 Å². The molecule has 0 aliphatic carbocycles. The third kappa shape index (κ3) is 3.17. The van der Waals surface area contributed by atoms with Gasteiger partial charge in [0.05, 0.1) is 10.2 Å². The Hall–Kier alpha value is -2.21. The summed E-state index contributed by atoms with van der Waals surface area (Å²) in [4.78, 5) is 31.3. The maximum atomic E-state index is 12.2. The molecule has 1 aromatic carbocycles. The van der Waals surface area contributed by atoms with Gasteiger partial charge in [-0.05, 0) is 18.2 Å². The highest BCUT2D eigenvalue weighted by atomic mass is 32.1. The Kier molecular flexibility index (Phi) is 5.27. The maximum Gasteiger partial charge on any atom is 0.248 e. The SMILES string of the molecule is C=CC(=O)N1CCN(c2nc3ccccc3s2)C(=O)C1.CC. The van der Waals surface area contributed by atoms with Crippen LogP contribution in [0.4, 0.5) is 5.13 Å². The number of carbonyl (C=O) groups excluding carboxylic acids is 2. The zero-order valence-corrected chi connectivity index (χ0v) is 13.6. The molecule has 22 heavy (non-hydrogen) atoms. The molecule has 2 heterocycles. The molecular formula is C16H19N3O2S. The monoisotopic (exact) mass is 317 g/mol. The molecule has 0 atom stereocenters. The van der Waals surface area contributed by atoms with Gasteiger partial charge in [0, 0.05) is 13.1 Å². The first-order chi connectivity index (χ1) is 10.7. The van der Waals surface area contributed by atoms with Gasteiger partial charge in [0.1, 0.15) is 6.54 Å². The van der Waals surface area contributed by atoms with Crippen LogP contribution in [0.15, 0.2) is 36.9 Å². The topological polar surface area (TPSA) is 53.5 Å². The fourth-order valence-corrected chi connectivity index (χ4v) is 3.18. The largest absolute Gasteiger partial charge is 0.328 e. The number of thiazole rings is 1. The Morgan fingerprint density at radius 2 is 2.05 bits per heavy atom. The van der Waals surface area contributed by atoms with Crippen molar-refractivity contribution in [3.63, 3.8) is 0 Å². The minimum absolute atomic E-state index is 0.0841. The predicted molar refractivity (Wildman–Crippen MR) is 90.1 cm³/mol. The summed E-state index contributed by atoms with van der Waals surface area (Å²) in [5.74, 6) is -0.312. The van der Waals surface area contributed by atoms with E-state index in [4.69, 9.17) is 0 Å². The second-order valence-electron chi connectivity index (χ2n) is 4.47. The second kappa shape index (κ2) is 7.17. The summed E-state index contributed by atoms with van der Waals surface area (Å²) < 4.78 is 1.06. The first-order valence-corrected chi connectivity index (χ1v) is 8.08. The molecule has 2 amide bonds. The zero-order valence-electron chi connectivity index (χ0n) is 12.8. The van der Waals surface area contributed by atoms with Crippen LogP contribution in [0.2, 0.25) is 0 Å². The number of hydrogen-bond donors (Lipinski definition) is 0. The van der Waals surface area contributed by atoms with E-state index in [0.29, 0.717) is 18.2 Å². The molecule has 2 aromatic rings. The van der Waals surface area contributed by atoms with Crippen molar-refractivity contribution in [2.75, 3.05) is 24.5 Å². The number of nitrogens with zero attached hydrogens (tertiary/aromatic N) is 3. The lowest BCUT2D eigenvalue weighted by Crippen LogP contribution is -2.52. The number of piperazine rings is 1. The number of rotatable bonds is 2. The van der Waals surface area contributed by atoms with Crippen molar-refractivity contribution in [2.24, 2.45) is 0 Å². The highest BCUT2D eigenvalue weighted by Crippen LogP contribution is 2.29. The molecule has 1 aliphatic heterocycles. The van der Waals surface area contributed by atoms with E-state index in [1.807, 2.05) is 38.1 Å². The lowest BCUT2D eigenvalue weighted by Gasteiger charge is -2.32. The van der Waals surface area contributed by atoms with Gasteiger partial charge in [0.15, 0.2) is 5.13 Å². The fourth-order valence-electron chi connectivity index (χ4n) is 2.17. The van der Waals surface area contributed by atoms with Gasteiger partial charge in [-0.3, -0.25) is 14.5 Å². The molecule has 1 aliphatic rings. The lowest BCUT2D eigenvalue weighted by molar-refractivity contribution is -0.133. The van der Waals surface area contributed by atoms with E-state index in [9.17, 15) is 9.59 Å². The summed E-state index contributed by atoms with van der Waals surface area (Å²) in [6.45, 7) is 8.50. The van der Waals surface area contributed by atoms with Crippen LogP contribution in [-0.4, -0.2) is 41.3 Å². The molecule has 0 saturated carbocycles. The fraction of sp³-hybridized carbons (Fsp3) is 0.312. The molecule has 0 radical (unpaired) electrons. The van der Waals surface area contributed by atoms with Crippen molar-refractivity contribution >= 4 is 38.5 Å². The summed E-state index contributed by atoms with van der Waals surface area (Å²) in [6, 6.07) is 7.79. The van der Waals surface area contributed by atoms with Crippen LogP contribution in [0.3, 0.4) is 0 Å². The van der Waals surface area contributed by atoms with Crippen molar-refractivity contribution in [1.29, 1.82) is 0 Å². The van der Waals surface area contributed by atoms with Gasteiger partial charge in [-0.2, -0.15) is 0 Å². The summed E-state index contributed by atoms with van der Waals surface area (Å²) in [6.07, 6.45) is 1.24. The minimum Gasteiger partial charge on any atom is -0.328 e. The van der Waals surface area contributed by atoms with Gasteiger partial charge in [-0.15, -0.1) is 0 Å². The molecule has 0 spiro atoms. The van der Waals surface area contributed by atoms with Crippen molar-refractivity contribution in [3.05, 3.63) is 36.9 Å². The number of hydrogen-bond acceptors (Lipinski definition) is 4. The Morgan fingerprint density at radius 1 is 1.32 bits per heavy atom. The van der Waals surface area contributed by atoms with Crippen molar-refractivity contribution in [2.45, 2.75) is 13.8 Å². The van der Waals surface area contributed by atoms with Gasteiger partial charge < -0.3 is 4.90 Å². The first kappa shape index (κ1) is 16.2. The van der Waals surface area contributed by atoms with E-state index >= 15 is 0 Å². The number of fused-ring (bicyclic) bond motifs is 1. The Labute approximate surface area is 133 Å². The van der Waals surface area contributed by atoms with Crippen LogP contribution >= 0.6 is 11.3 Å². The standard InChI is InChI=1S/C14H13N3O2S.C2H6/c1-2-12(18)16-7-8-17(13(19)9-16)14-15-10-5-3-4-6-11(10)20-14;1-2/h2-6H,1,7-9H2;1-2H3. The molecule has 0 bridgehead atoms. The Morgan fingerprint density at radius 3 is 2.68 bits per heavy atom. The van der Waals surface area contributed by atoms with Crippen LogP contribution < -0.4 is 4.90 Å². The number of para-hydroxylation sites is 1. The van der Waals surface area contributed by atoms with Crippen LogP contribution in [0.25, 0.3) is 10.2 Å². The van der Waals surface area contributed by atoms with Crippen molar-refractivity contribution in [3.8, 4) is 0 Å². The minimum atomic E-state index is -0.206. The lowest BCUT2D eigenvalue weighted by atomic mass is 10.3. The molecule has 1 fully saturated rings. The van der Waals surface area contributed by atoms with E-state index in [2.05, 4.69) is 11.6 Å². The third-order valence-corrected chi connectivity index (χ3v) is 4.28. The van der Waals surface area contributed by atoms with Crippen molar-refractivity contribution < 1.29 is 9.59 Å². The maximum absolute atomic E-state index is 12.2. The molecule has 0 unspecified atom stereocenters. The number of carbonyl (C=O) groups is 2. The van der Waals surface area contributed by atoms with Crippen LogP contribution in [0.5, 0.6) is 0 Å².